The minimum atomic E-state index is -0.376. The van der Waals surface area contributed by atoms with Crippen molar-refractivity contribution in [2.45, 2.75) is 19.4 Å². The minimum Gasteiger partial charge on any atom is -0.397 e. The summed E-state index contributed by atoms with van der Waals surface area (Å²) in [5.74, 6) is 0.367. The number of hydrogen-bond acceptors (Lipinski definition) is 4. The number of hydrogen-bond donors (Lipinski definition) is 1. The topological polar surface area (TPSA) is 46.3 Å². The summed E-state index contributed by atoms with van der Waals surface area (Å²) in [7, 11) is 1.78. The number of rotatable bonds is 5. The summed E-state index contributed by atoms with van der Waals surface area (Å²) in [4.78, 5) is 14.8. The van der Waals surface area contributed by atoms with E-state index in [9.17, 15) is 9.18 Å². The predicted octanol–water partition coefficient (Wildman–Crippen LogP) is 3.84. The maximum Gasteiger partial charge on any atom is 0.266 e. The van der Waals surface area contributed by atoms with Gasteiger partial charge >= 0.3 is 0 Å². The van der Waals surface area contributed by atoms with Crippen molar-refractivity contribution in [2.24, 2.45) is 0 Å². The van der Waals surface area contributed by atoms with Crippen molar-refractivity contribution in [1.82, 2.24) is 4.90 Å². The average molecular weight is 326 g/mol. The number of fused-ring (bicyclic) bond motifs is 1. The van der Waals surface area contributed by atoms with E-state index in [1.165, 1.54) is 17.4 Å². The Morgan fingerprint density at radius 1 is 1.52 bits per heavy atom. The summed E-state index contributed by atoms with van der Waals surface area (Å²) in [5.41, 5.74) is 6.27. The SMILES string of the molecule is CCC(CSC)N(C)C(=O)c1sc2cccc(F)c2c1N. The molecule has 1 aromatic carbocycles. The fraction of sp³-hybridized carbons (Fsp3) is 0.400. The van der Waals surface area contributed by atoms with Crippen molar-refractivity contribution in [3.05, 3.63) is 28.9 Å². The quantitative estimate of drug-likeness (QED) is 0.908. The lowest BCUT2D eigenvalue weighted by atomic mass is 10.2. The molecule has 2 rings (SSSR count). The van der Waals surface area contributed by atoms with E-state index in [4.69, 9.17) is 5.73 Å². The number of carbonyl (C=O) groups excluding carboxylic acids is 1. The van der Waals surface area contributed by atoms with Crippen LogP contribution in [0.1, 0.15) is 23.0 Å². The molecule has 2 N–H and O–H groups in total. The molecule has 0 aliphatic rings. The van der Waals surface area contributed by atoms with Crippen molar-refractivity contribution in [2.75, 3.05) is 24.8 Å². The predicted molar refractivity (Wildman–Crippen MR) is 90.7 cm³/mol. The van der Waals surface area contributed by atoms with Crippen LogP contribution in [0.4, 0.5) is 10.1 Å². The second-order valence-electron chi connectivity index (χ2n) is 4.89. The Labute approximate surface area is 132 Å². The van der Waals surface area contributed by atoms with Crippen molar-refractivity contribution in [1.29, 1.82) is 0 Å². The van der Waals surface area contributed by atoms with Crippen molar-refractivity contribution in [3.8, 4) is 0 Å². The third-order valence-corrected chi connectivity index (χ3v) is 5.47. The molecular formula is C15H19FN2OS2. The highest BCUT2D eigenvalue weighted by Crippen LogP contribution is 2.36. The van der Waals surface area contributed by atoms with Crippen molar-refractivity contribution >= 4 is 44.8 Å². The molecule has 3 nitrogen and oxygen atoms in total. The third kappa shape index (κ3) is 3.01. The van der Waals surface area contributed by atoms with E-state index in [1.54, 1.807) is 35.8 Å². The highest BCUT2D eigenvalue weighted by molar-refractivity contribution is 7.98. The fourth-order valence-corrected chi connectivity index (χ4v) is 4.27. The van der Waals surface area contributed by atoms with E-state index in [-0.39, 0.29) is 23.5 Å². The van der Waals surface area contributed by atoms with Crippen LogP contribution < -0.4 is 5.73 Å². The molecule has 0 aliphatic heterocycles. The summed E-state index contributed by atoms with van der Waals surface area (Å²) in [6.45, 7) is 2.05. The van der Waals surface area contributed by atoms with Crippen LogP contribution in [0.5, 0.6) is 0 Å². The minimum absolute atomic E-state index is 0.131. The van der Waals surface area contributed by atoms with Crippen molar-refractivity contribution < 1.29 is 9.18 Å². The van der Waals surface area contributed by atoms with Gasteiger partial charge in [-0.2, -0.15) is 11.8 Å². The molecule has 1 aromatic heterocycles. The lowest BCUT2D eigenvalue weighted by Crippen LogP contribution is -2.38. The largest absolute Gasteiger partial charge is 0.397 e. The third-order valence-electron chi connectivity index (χ3n) is 3.59. The molecule has 0 bridgehead atoms. The number of nitrogens with two attached hydrogens (primary N) is 1. The van der Waals surface area contributed by atoms with Gasteiger partial charge in [0.05, 0.1) is 11.1 Å². The molecule has 2 aromatic rings. The van der Waals surface area contributed by atoms with E-state index in [0.717, 1.165) is 12.2 Å². The molecule has 1 atom stereocenters. The molecule has 0 saturated heterocycles. The number of nitrogen functional groups attached to an aromatic ring is 1. The van der Waals surface area contributed by atoms with Crippen LogP contribution in [0.25, 0.3) is 10.1 Å². The molecule has 6 heteroatoms. The molecule has 1 heterocycles. The first kappa shape index (κ1) is 16.1. The average Bonchev–Trinajstić information content (AvgIpc) is 2.81. The van der Waals surface area contributed by atoms with Gasteiger partial charge < -0.3 is 10.6 Å². The summed E-state index contributed by atoms with van der Waals surface area (Å²) < 4.78 is 14.6. The summed E-state index contributed by atoms with van der Waals surface area (Å²) >= 11 is 2.96. The maximum atomic E-state index is 13.9. The van der Waals surface area contributed by atoms with Gasteiger partial charge in [0.15, 0.2) is 0 Å². The van der Waals surface area contributed by atoms with Crippen LogP contribution in [-0.4, -0.2) is 35.9 Å². The van der Waals surface area contributed by atoms with Gasteiger partial charge in [-0.15, -0.1) is 11.3 Å². The van der Waals surface area contributed by atoms with Crippen LogP contribution in [0.3, 0.4) is 0 Å². The molecule has 21 heavy (non-hydrogen) atoms. The number of amides is 1. The number of halogens is 1. The van der Waals surface area contributed by atoms with Crippen LogP contribution in [0, 0.1) is 5.82 Å². The number of thiophene rings is 1. The highest BCUT2D eigenvalue weighted by atomic mass is 32.2. The van der Waals surface area contributed by atoms with Crippen LogP contribution in [0.2, 0.25) is 0 Å². The van der Waals surface area contributed by atoms with E-state index in [1.807, 2.05) is 6.26 Å². The standard InChI is InChI=1S/C15H19FN2OS2/c1-4-9(8-20-3)18(2)15(19)14-13(17)12-10(16)6-5-7-11(12)21-14/h5-7,9H,4,8,17H2,1-3H3. The Kier molecular flexibility index (Phi) is 5.11. The maximum absolute atomic E-state index is 13.9. The van der Waals surface area contributed by atoms with Gasteiger partial charge in [-0.05, 0) is 24.8 Å². The summed E-state index contributed by atoms with van der Waals surface area (Å²) in [5, 5.41) is 0.358. The number of anilines is 1. The molecule has 1 unspecified atom stereocenters. The van der Waals surface area contributed by atoms with Crippen LogP contribution in [0.15, 0.2) is 18.2 Å². The number of thioether (sulfide) groups is 1. The molecule has 114 valence electrons. The Balaban J connectivity index is 2.39. The van der Waals surface area contributed by atoms with Gasteiger partial charge in [0.2, 0.25) is 0 Å². The first-order valence-corrected chi connectivity index (χ1v) is 8.94. The molecule has 0 radical (unpaired) electrons. The van der Waals surface area contributed by atoms with Gasteiger partial charge in [0.1, 0.15) is 10.7 Å². The van der Waals surface area contributed by atoms with Gasteiger partial charge in [-0.3, -0.25) is 4.79 Å². The Morgan fingerprint density at radius 3 is 2.81 bits per heavy atom. The van der Waals surface area contributed by atoms with Gasteiger partial charge in [0.25, 0.3) is 5.91 Å². The second-order valence-corrected chi connectivity index (χ2v) is 6.85. The monoisotopic (exact) mass is 326 g/mol. The fourth-order valence-electron chi connectivity index (χ4n) is 2.31. The van der Waals surface area contributed by atoms with E-state index in [2.05, 4.69) is 6.92 Å². The molecule has 0 fully saturated rings. The lowest BCUT2D eigenvalue weighted by molar-refractivity contribution is 0.0749. The van der Waals surface area contributed by atoms with Gasteiger partial charge in [-0.25, -0.2) is 4.39 Å². The van der Waals surface area contributed by atoms with Crippen LogP contribution in [-0.2, 0) is 0 Å². The van der Waals surface area contributed by atoms with Crippen molar-refractivity contribution in [3.63, 3.8) is 0 Å². The Hall–Kier alpha value is -1.27. The molecule has 0 aliphatic carbocycles. The first-order valence-electron chi connectivity index (χ1n) is 6.73. The zero-order valence-corrected chi connectivity index (χ0v) is 14.0. The molecule has 1 amide bonds. The van der Waals surface area contributed by atoms with E-state index < -0.39 is 0 Å². The van der Waals surface area contributed by atoms with Gasteiger partial charge in [0, 0.05) is 23.5 Å². The number of nitrogens with zero attached hydrogens (tertiary/aromatic N) is 1. The molecular weight excluding hydrogens is 307 g/mol. The number of carbonyl (C=O) groups is 1. The van der Waals surface area contributed by atoms with E-state index in [0.29, 0.717) is 15.0 Å². The van der Waals surface area contributed by atoms with E-state index >= 15 is 0 Å². The highest BCUT2D eigenvalue weighted by Gasteiger charge is 2.25. The second kappa shape index (κ2) is 6.66. The summed E-state index contributed by atoms with van der Waals surface area (Å²) in [6, 6.07) is 4.94. The normalized spacial score (nSPS) is 12.6. The smallest absolute Gasteiger partial charge is 0.266 e. The molecule has 0 spiro atoms. The number of benzene rings is 1. The molecule has 0 saturated carbocycles. The zero-order valence-electron chi connectivity index (χ0n) is 12.4. The Bertz CT molecular complexity index is 656. The first-order chi connectivity index (χ1) is 10.0. The van der Waals surface area contributed by atoms with Gasteiger partial charge in [-0.1, -0.05) is 13.0 Å². The lowest BCUT2D eigenvalue weighted by Gasteiger charge is -2.26. The summed E-state index contributed by atoms with van der Waals surface area (Å²) in [6.07, 6.45) is 2.90. The van der Waals surface area contributed by atoms with Crippen LogP contribution >= 0.6 is 23.1 Å². The Morgan fingerprint density at radius 2 is 2.24 bits per heavy atom. The zero-order chi connectivity index (χ0) is 15.6.